The van der Waals surface area contributed by atoms with Crippen LogP contribution in [0.25, 0.3) is 11.1 Å². The van der Waals surface area contributed by atoms with Gasteiger partial charge in [0.15, 0.2) is 11.6 Å². The van der Waals surface area contributed by atoms with E-state index in [2.05, 4.69) is 55.5 Å². The summed E-state index contributed by atoms with van der Waals surface area (Å²) in [5.41, 5.74) is 5.20. The Morgan fingerprint density at radius 3 is 1.79 bits per heavy atom. The van der Waals surface area contributed by atoms with Gasteiger partial charge < -0.3 is 4.74 Å². The van der Waals surface area contributed by atoms with E-state index in [0.29, 0.717) is 25.0 Å². The van der Waals surface area contributed by atoms with Gasteiger partial charge >= 0.3 is 0 Å². The van der Waals surface area contributed by atoms with E-state index >= 15 is 0 Å². The quantitative estimate of drug-likeness (QED) is 0.374. The van der Waals surface area contributed by atoms with Crippen molar-refractivity contribution in [3.63, 3.8) is 0 Å². The number of halogens is 2. The summed E-state index contributed by atoms with van der Waals surface area (Å²) in [6.45, 7) is 4.26. The van der Waals surface area contributed by atoms with Crippen molar-refractivity contribution in [2.24, 2.45) is 0 Å². The predicted molar refractivity (Wildman–Crippen MR) is 115 cm³/mol. The Morgan fingerprint density at radius 2 is 1.24 bits per heavy atom. The Hall–Kier alpha value is -2.68. The topological polar surface area (TPSA) is 9.23 Å². The van der Waals surface area contributed by atoms with E-state index in [4.69, 9.17) is 4.74 Å². The summed E-state index contributed by atoms with van der Waals surface area (Å²) in [6.07, 6.45) is 4.64. The van der Waals surface area contributed by atoms with Crippen molar-refractivity contribution in [3.05, 3.63) is 89.0 Å². The van der Waals surface area contributed by atoms with Crippen LogP contribution in [-0.2, 0) is 19.3 Å². The molecule has 0 aromatic heterocycles. The van der Waals surface area contributed by atoms with Crippen molar-refractivity contribution in [1.29, 1.82) is 0 Å². The number of unbranched alkanes of at least 4 members (excludes halogenated alkanes) is 1. The predicted octanol–water partition coefficient (Wildman–Crippen LogP) is 7.16. The number of aryl methyl sites for hydroxylation is 3. The zero-order valence-electron chi connectivity index (χ0n) is 17.2. The van der Waals surface area contributed by atoms with Crippen LogP contribution >= 0.6 is 0 Å². The first kappa shape index (κ1) is 21.0. The van der Waals surface area contributed by atoms with Crippen LogP contribution in [0.3, 0.4) is 0 Å². The van der Waals surface area contributed by atoms with Gasteiger partial charge in [0.1, 0.15) is 0 Å². The van der Waals surface area contributed by atoms with E-state index < -0.39 is 11.6 Å². The van der Waals surface area contributed by atoms with Gasteiger partial charge in [-0.25, -0.2) is 4.39 Å². The van der Waals surface area contributed by atoms with Gasteiger partial charge in [0.05, 0.1) is 6.61 Å². The molecular formula is C26H28F2O. The molecule has 3 aromatic carbocycles. The molecule has 0 bridgehead atoms. The molecule has 3 heteroatoms. The molecule has 0 aliphatic carbocycles. The summed E-state index contributed by atoms with van der Waals surface area (Å²) in [4.78, 5) is 0. The highest BCUT2D eigenvalue weighted by molar-refractivity contribution is 5.64. The third kappa shape index (κ3) is 5.44. The Bertz CT molecular complexity index is 915. The lowest BCUT2D eigenvalue weighted by atomic mass is 9.98. The maximum absolute atomic E-state index is 14.2. The zero-order chi connectivity index (χ0) is 20.6. The zero-order valence-corrected chi connectivity index (χ0v) is 17.2. The lowest BCUT2D eigenvalue weighted by Gasteiger charge is -2.09. The summed E-state index contributed by atoms with van der Waals surface area (Å²) in [7, 11) is 0. The monoisotopic (exact) mass is 394 g/mol. The first-order valence-electron chi connectivity index (χ1n) is 10.4. The van der Waals surface area contributed by atoms with Gasteiger partial charge in [0.2, 0.25) is 5.82 Å². The van der Waals surface area contributed by atoms with Gasteiger partial charge in [0.25, 0.3) is 0 Å². The second-order valence-electron chi connectivity index (χ2n) is 7.28. The van der Waals surface area contributed by atoms with Crippen molar-refractivity contribution < 1.29 is 13.5 Å². The lowest BCUT2D eigenvalue weighted by Crippen LogP contribution is -2.02. The Balaban J connectivity index is 1.63. The van der Waals surface area contributed by atoms with E-state index in [9.17, 15) is 8.78 Å². The van der Waals surface area contributed by atoms with Gasteiger partial charge in [-0.05, 0) is 66.5 Å². The first-order valence-corrected chi connectivity index (χ1v) is 10.4. The maximum atomic E-state index is 14.2. The standard InChI is InChI=1S/C26H28F2O/c1-3-5-6-19-7-12-21(13-8-19)22-14-9-20(10-15-22)11-16-23-17-18-24(29-4-2)26(28)25(23)27/h7-10,12-15,17-18H,3-6,11,16H2,1-2H3. The summed E-state index contributed by atoms with van der Waals surface area (Å²) in [5.74, 6) is -1.74. The minimum Gasteiger partial charge on any atom is -0.491 e. The molecule has 0 amide bonds. The van der Waals surface area contributed by atoms with Gasteiger partial charge in [-0.1, -0.05) is 67.9 Å². The normalized spacial score (nSPS) is 10.9. The number of hydrogen-bond acceptors (Lipinski definition) is 1. The highest BCUT2D eigenvalue weighted by atomic mass is 19.2. The van der Waals surface area contributed by atoms with E-state index in [1.165, 1.54) is 30.0 Å². The summed E-state index contributed by atoms with van der Waals surface area (Å²) in [5, 5.41) is 0. The molecule has 0 aliphatic rings. The Morgan fingerprint density at radius 1 is 0.655 bits per heavy atom. The van der Waals surface area contributed by atoms with Gasteiger partial charge in [0, 0.05) is 0 Å². The van der Waals surface area contributed by atoms with Crippen LogP contribution in [0.1, 0.15) is 43.4 Å². The maximum Gasteiger partial charge on any atom is 0.200 e. The largest absolute Gasteiger partial charge is 0.491 e. The fourth-order valence-electron chi connectivity index (χ4n) is 3.42. The van der Waals surface area contributed by atoms with Crippen LogP contribution in [0.15, 0.2) is 60.7 Å². The third-order valence-electron chi connectivity index (χ3n) is 5.17. The fraction of sp³-hybridized carbons (Fsp3) is 0.308. The van der Waals surface area contributed by atoms with Crippen LogP contribution in [-0.4, -0.2) is 6.61 Å². The summed E-state index contributed by atoms with van der Waals surface area (Å²) < 4.78 is 33.3. The van der Waals surface area contributed by atoms with Crippen LogP contribution in [0, 0.1) is 11.6 Å². The molecule has 1 nitrogen and oxygen atoms in total. The molecule has 152 valence electrons. The van der Waals surface area contributed by atoms with Crippen molar-refractivity contribution in [2.75, 3.05) is 6.61 Å². The molecule has 0 unspecified atom stereocenters. The smallest absolute Gasteiger partial charge is 0.200 e. The minimum absolute atomic E-state index is 0.0289. The molecular weight excluding hydrogens is 366 g/mol. The van der Waals surface area contributed by atoms with Crippen molar-refractivity contribution in [2.45, 2.75) is 46.0 Å². The van der Waals surface area contributed by atoms with E-state index in [1.807, 2.05) is 0 Å². The highest BCUT2D eigenvalue weighted by Crippen LogP contribution is 2.25. The number of hydrogen-bond donors (Lipinski definition) is 0. The second kappa shape index (κ2) is 10.2. The molecule has 0 heterocycles. The lowest BCUT2D eigenvalue weighted by molar-refractivity contribution is 0.313. The van der Waals surface area contributed by atoms with Crippen molar-refractivity contribution in [3.8, 4) is 16.9 Å². The molecule has 0 spiro atoms. The average molecular weight is 395 g/mol. The molecule has 0 radical (unpaired) electrons. The molecule has 0 saturated heterocycles. The minimum atomic E-state index is -0.901. The van der Waals surface area contributed by atoms with Crippen LogP contribution < -0.4 is 4.74 Å². The number of ether oxygens (including phenoxy) is 1. The van der Waals surface area contributed by atoms with E-state index in [0.717, 1.165) is 17.5 Å². The SMILES string of the molecule is CCCCc1ccc(-c2ccc(CCc3ccc(OCC)c(F)c3F)cc2)cc1. The van der Waals surface area contributed by atoms with Crippen LogP contribution in [0.4, 0.5) is 8.78 Å². The number of rotatable bonds is 9. The molecule has 29 heavy (non-hydrogen) atoms. The Labute approximate surface area is 172 Å². The summed E-state index contributed by atoms with van der Waals surface area (Å²) >= 11 is 0. The van der Waals surface area contributed by atoms with Crippen molar-refractivity contribution in [1.82, 2.24) is 0 Å². The molecule has 0 atom stereocenters. The molecule has 0 fully saturated rings. The van der Waals surface area contributed by atoms with E-state index in [-0.39, 0.29) is 5.75 Å². The first-order chi connectivity index (χ1) is 14.1. The molecule has 0 aliphatic heterocycles. The average Bonchev–Trinajstić information content (AvgIpc) is 2.76. The van der Waals surface area contributed by atoms with Crippen LogP contribution in [0.2, 0.25) is 0 Å². The Kier molecular flexibility index (Phi) is 7.40. The second-order valence-corrected chi connectivity index (χ2v) is 7.28. The third-order valence-corrected chi connectivity index (χ3v) is 5.17. The molecule has 3 rings (SSSR count). The fourth-order valence-corrected chi connectivity index (χ4v) is 3.42. The van der Waals surface area contributed by atoms with Gasteiger partial charge in [-0.2, -0.15) is 4.39 Å². The summed E-state index contributed by atoms with van der Waals surface area (Å²) in [6, 6.07) is 20.1. The molecule has 3 aromatic rings. The van der Waals surface area contributed by atoms with Gasteiger partial charge in [-0.15, -0.1) is 0 Å². The van der Waals surface area contributed by atoms with E-state index in [1.54, 1.807) is 13.0 Å². The van der Waals surface area contributed by atoms with Crippen LogP contribution in [0.5, 0.6) is 5.75 Å². The number of benzene rings is 3. The highest BCUT2D eigenvalue weighted by Gasteiger charge is 2.14. The van der Waals surface area contributed by atoms with Gasteiger partial charge in [-0.3, -0.25) is 0 Å². The molecule has 0 saturated carbocycles. The molecule has 0 N–H and O–H groups in total. The van der Waals surface area contributed by atoms with Crippen molar-refractivity contribution >= 4 is 0 Å².